The maximum atomic E-state index is 11.2. The fraction of sp³-hybridized carbons (Fsp3) is 0.429. The molecule has 25 heavy (non-hydrogen) atoms. The number of rotatable bonds is 4. The van der Waals surface area contributed by atoms with Crippen LogP contribution in [0.5, 0.6) is 5.75 Å². The number of likely N-dealkylation sites (N-methyl/N-ethyl adjacent to an activating group) is 1. The summed E-state index contributed by atoms with van der Waals surface area (Å²) in [7, 11) is 3.30. The van der Waals surface area contributed by atoms with Crippen LogP contribution >= 0.6 is 0 Å². The van der Waals surface area contributed by atoms with Crippen molar-refractivity contribution in [1.82, 2.24) is 10.3 Å². The van der Waals surface area contributed by atoms with Gasteiger partial charge in [0, 0.05) is 12.7 Å². The Morgan fingerprint density at radius 2 is 1.76 bits per heavy atom. The van der Waals surface area contributed by atoms with Gasteiger partial charge in [0.05, 0.1) is 19.7 Å². The lowest BCUT2D eigenvalue weighted by molar-refractivity contribution is -0.119. The Morgan fingerprint density at radius 3 is 2.16 bits per heavy atom. The summed E-state index contributed by atoms with van der Waals surface area (Å²) in [4.78, 5) is 15.3. The number of carbonyl (C=O) groups is 1. The van der Waals surface area contributed by atoms with Crippen molar-refractivity contribution in [3.8, 4) is 5.75 Å². The van der Waals surface area contributed by atoms with Crippen LogP contribution < -0.4 is 10.1 Å². The molecule has 136 valence electrons. The van der Waals surface area contributed by atoms with Crippen molar-refractivity contribution in [3.05, 3.63) is 59.4 Å². The molecule has 0 radical (unpaired) electrons. The highest BCUT2D eigenvalue weighted by Gasteiger charge is 2.13. The third kappa shape index (κ3) is 7.38. The molecule has 4 heteroatoms. The average Bonchev–Trinajstić information content (AvgIpc) is 2.62. The molecule has 0 bridgehead atoms. The summed E-state index contributed by atoms with van der Waals surface area (Å²) < 4.78 is 4.95. The largest absolute Gasteiger partial charge is 0.495 e. The molecule has 1 aromatic heterocycles. The fourth-order valence-electron chi connectivity index (χ4n) is 2.14. The summed E-state index contributed by atoms with van der Waals surface area (Å²) >= 11 is 0. The lowest BCUT2D eigenvalue weighted by Crippen LogP contribution is -2.20. The Labute approximate surface area is 151 Å². The van der Waals surface area contributed by atoms with Crippen molar-refractivity contribution in [2.24, 2.45) is 0 Å². The van der Waals surface area contributed by atoms with Gasteiger partial charge in [-0.25, -0.2) is 0 Å². The topological polar surface area (TPSA) is 51.2 Å². The molecule has 0 saturated heterocycles. The number of methoxy groups -OCH3 is 1. The molecule has 4 nitrogen and oxygen atoms in total. The SMILES string of the molecule is CCc1ccc(OC)cn1.CNC(=O)Cc1ccc(C(C)(C)C)cc1. The van der Waals surface area contributed by atoms with E-state index in [0.717, 1.165) is 23.4 Å². The predicted molar refractivity (Wildman–Crippen MR) is 103 cm³/mol. The summed E-state index contributed by atoms with van der Waals surface area (Å²) in [6, 6.07) is 12.1. The number of aromatic nitrogens is 1. The third-order valence-electron chi connectivity index (χ3n) is 3.86. The van der Waals surface area contributed by atoms with E-state index < -0.39 is 0 Å². The molecule has 0 aliphatic heterocycles. The summed E-state index contributed by atoms with van der Waals surface area (Å²) in [5.41, 5.74) is 3.62. The van der Waals surface area contributed by atoms with E-state index in [4.69, 9.17) is 4.74 Å². The molecule has 0 saturated carbocycles. The zero-order valence-electron chi connectivity index (χ0n) is 16.2. The predicted octanol–water partition coefficient (Wildman–Crippen LogP) is 3.93. The first kappa shape index (κ1) is 20.7. The molecule has 0 aliphatic rings. The van der Waals surface area contributed by atoms with E-state index in [1.165, 1.54) is 5.56 Å². The monoisotopic (exact) mass is 342 g/mol. The van der Waals surface area contributed by atoms with Crippen LogP contribution in [0.15, 0.2) is 42.6 Å². The Bertz CT molecular complexity index is 618. The molecule has 1 amide bonds. The van der Waals surface area contributed by atoms with Crippen molar-refractivity contribution < 1.29 is 9.53 Å². The number of hydrogen-bond acceptors (Lipinski definition) is 3. The second kappa shape index (κ2) is 9.82. The second-order valence-corrected chi connectivity index (χ2v) is 6.84. The number of hydrogen-bond donors (Lipinski definition) is 1. The van der Waals surface area contributed by atoms with Gasteiger partial charge in [-0.2, -0.15) is 0 Å². The lowest BCUT2D eigenvalue weighted by Gasteiger charge is -2.19. The molecule has 0 fully saturated rings. The molecule has 1 N–H and O–H groups in total. The van der Waals surface area contributed by atoms with Gasteiger partial charge in [-0.05, 0) is 35.1 Å². The van der Waals surface area contributed by atoms with Crippen LogP contribution in [0.2, 0.25) is 0 Å². The molecule has 0 unspecified atom stereocenters. The zero-order valence-corrected chi connectivity index (χ0v) is 16.2. The third-order valence-corrected chi connectivity index (χ3v) is 3.86. The summed E-state index contributed by atoms with van der Waals surface area (Å²) in [5, 5.41) is 2.62. The van der Waals surface area contributed by atoms with Crippen LogP contribution in [0.1, 0.15) is 44.5 Å². The van der Waals surface area contributed by atoms with E-state index >= 15 is 0 Å². The Kier molecular flexibility index (Phi) is 8.12. The Morgan fingerprint density at radius 1 is 1.12 bits per heavy atom. The van der Waals surface area contributed by atoms with Gasteiger partial charge < -0.3 is 10.1 Å². The smallest absolute Gasteiger partial charge is 0.224 e. The van der Waals surface area contributed by atoms with Crippen molar-refractivity contribution in [3.63, 3.8) is 0 Å². The molecule has 2 rings (SSSR count). The number of nitrogens with zero attached hydrogens (tertiary/aromatic N) is 1. The number of nitrogens with one attached hydrogen (secondary N) is 1. The Hall–Kier alpha value is -2.36. The van der Waals surface area contributed by atoms with Gasteiger partial charge in [0.25, 0.3) is 0 Å². The quantitative estimate of drug-likeness (QED) is 0.916. The van der Waals surface area contributed by atoms with Crippen molar-refractivity contribution in [2.75, 3.05) is 14.2 Å². The first-order valence-electron chi connectivity index (χ1n) is 8.59. The van der Waals surface area contributed by atoms with Gasteiger partial charge in [0.15, 0.2) is 0 Å². The van der Waals surface area contributed by atoms with Crippen LogP contribution in [0.3, 0.4) is 0 Å². The van der Waals surface area contributed by atoms with E-state index in [9.17, 15) is 4.79 Å². The normalized spacial score (nSPS) is 10.5. The van der Waals surface area contributed by atoms with Crippen LogP contribution in [0, 0.1) is 0 Å². The molecule has 1 aromatic carbocycles. The number of benzene rings is 1. The number of aryl methyl sites for hydroxylation is 1. The molecular weight excluding hydrogens is 312 g/mol. The summed E-state index contributed by atoms with van der Waals surface area (Å²) in [6.45, 7) is 8.62. The molecule has 0 atom stereocenters. The molecule has 0 spiro atoms. The van der Waals surface area contributed by atoms with E-state index in [1.54, 1.807) is 20.4 Å². The number of amides is 1. The number of carbonyl (C=O) groups excluding carboxylic acids is 1. The van der Waals surface area contributed by atoms with Crippen LogP contribution in [0.25, 0.3) is 0 Å². The molecular formula is C21H30N2O2. The molecule has 1 heterocycles. The fourth-order valence-corrected chi connectivity index (χ4v) is 2.14. The minimum atomic E-state index is 0.0542. The summed E-state index contributed by atoms with van der Waals surface area (Å²) in [5.74, 6) is 0.871. The van der Waals surface area contributed by atoms with Crippen molar-refractivity contribution >= 4 is 5.91 Å². The molecule has 0 aliphatic carbocycles. The first-order chi connectivity index (χ1) is 11.8. The van der Waals surface area contributed by atoms with E-state index in [-0.39, 0.29) is 11.3 Å². The Balaban J connectivity index is 0.000000271. The second-order valence-electron chi connectivity index (χ2n) is 6.84. The minimum absolute atomic E-state index is 0.0542. The average molecular weight is 342 g/mol. The first-order valence-corrected chi connectivity index (χ1v) is 8.59. The van der Waals surface area contributed by atoms with Crippen molar-refractivity contribution in [2.45, 2.75) is 46.0 Å². The maximum absolute atomic E-state index is 11.2. The standard InChI is InChI=1S/C13H19NO.C8H11NO/c1-13(2,3)11-7-5-10(6-8-11)9-12(15)14-4;1-3-7-4-5-8(10-2)6-9-7/h5-8H,9H2,1-4H3,(H,14,15);4-6H,3H2,1-2H3. The van der Waals surface area contributed by atoms with Crippen LogP contribution in [-0.4, -0.2) is 25.0 Å². The van der Waals surface area contributed by atoms with E-state index in [2.05, 4.69) is 50.1 Å². The van der Waals surface area contributed by atoms with Crippen LogP contribution in [-0.2, 0) is 23.1 Å². The van der Waals surface area contributed by atoms with Crippen LogP contribution in [0.4, 0.5) is 0 Å². The highest BCUT2D eigenvalue weighted by atomic mass is 16.5. The van der Waals surface area contributed by atoms with Crippen molar-refractivity contribution in [1.29, 1.82) is 0 Å². The lowest BCUT2D eigenvalue weighted by atomic mass is 9.86. The number of ether oxygens (including phenoxy) is 1. The van der Waals surface area contributed by atoms with E-state index in [0.29, 0.717) is 6.42 Å². The minimum Gasteiger partial charge on any atom is -0.495 e. The summed E-state index contributed by atoms with van der Waals surface area (Å²) in [6.07, 6.45) is 3.17. The maximum Gasteiger partial charge on any atom is 0.224 e. The number of pyridine rings is 1. The molecule has 2 aromatic rings. The highest BCUT2D eigenvalue weighted by molar-refractivity contribution is 5.78. The van der Waals surface area contributed by atoms with Gasteiger partial charge in [-0.15, -0.1) is 0 Å². The highest BCUT2D eigenvalue weighted by Crippen LogP contribution is 2.22. The van der Waals surface area contributed by atoms with Gasteiger partial charge in [-0.1, -0.05) is 52.0 Å². The van der Waals surface area contributed by atoms with Gasteiger partial charge in [0.2, 0.25) is 5.91 Å². The zero-order chi connectivity index (χ0) is 18.9. The van der Waals surface area contributed by atoms with Gasteiger partial charge in [-0.3, -0.25) is 9.78 Å². The van der Waals surface area contributed by atoms with Gasteiger partial charge >= 0.3 is 0 Å². The van der Waals surface area contributed by atoms with Gasteiger partial charge in [0.1, 0.15) is 5.75 Å². The van der Waals surface area contributed by atoms with E-state index in [1.807, 2.05) is 24.3 Å².